The largest absolute Gasteiger partial charge is 0.354 e. The molecule has 2 amide bonds. The summed E-state index contributed by atoms with van der Waals surface area (Å²) in [4.78, 5) is 23.4. The number of hydrogen-bond donors (Lipinski definition) is 3. The highest BCUT2D eigenvalue weighted by Crippen LogP contribution is 2.10. The van der Waals surface area contributed by atoms with E-state index in [0.717, 1.165) is 4.47 Å². The Balaban J connectivity index is 2.29. The maximum absolute atomic E-state index is 11.8. The number of carbonyl (C=O) groups is 2. The van der Waals surface area contributed by atoms with E-state index in [1.54, 1.807) is 38.1 Å². The van der Waals surface area contributed by atoms with Crippen molar-refractivity contribution in [1.82, 2.24) is 10.6 Å². The molecule has 5 nitrogen and oxygen atoms in total. The van der Waals surface area contributed by atoms with Crippen molar-refractivity contribution < 1.29 is 9.59 Å². The van der Waals surface area contributed by atoms with Crippen LogP contribution in [0.25, 0.3) is 0 Å². The Hall–Kier alpha value is -1.40. The lowest BCUT2D eigenvalue weighted by molar-refractivity contribution is -0.124. The molecule has 1 aromatic carbocycles. The first-order valence-corrected chi connectivity index (χ1v) is 7.28. The van der Waals surface area contributed by atoms with Gasteiger partial charge in [0.15, 0.2) is 0 Å². The third-order valence-electron chi connectivity index (χ3n) is 3.02. The molecule has 0 saturated heterocycles. The number of nitrogens with one attached hydrogen (secondary N) is 2. The molecule has 2 unspecified atom stereocenters. The summed E-state index contributed by atoms with van der Waals surface area (Å²) < 4.78 is 0.922. The zero-order chi connectivity index (χ0) is 15.1. The number of carbonyl (C=O) groups excluding carboxylic acids is 2. The second-order valence-electron chi connectivity index (χ2n) is 4.70. The van der Waals surface area contributed by atoms with Crippen LogP contribution in [0.5, 0.6) is 0 Å². The standard InChI is InChI=1S/C14H20BrN3O2/c1-9(10(2)16)13(19)17-7-8-18-14(20)11-3-5-12(15)6-4-11/h3-6,9-10H,7-8,16H2,1-2H3,(H,17,19)(H,18,20). The molecule has 110 valence electrons. The molecule has 0 heterocycles. The highest BCUT2D eigenvalue weighted by molar-refractivity contribution is 9.10. The SMILES string of the molecule is CC(N)C(C)C(=O)NCCNC(=O)c1ccc(Br)cc1. The smallest absolute Gasteiger partial charge is 0.251 e. The predicted molar refractivity (Wildman–Crippen MR) is 82.3 cm³/mol. The Bertz CT molecular complexity index is 460. The van der Waals surface area contributed by atoms with Crippen LogP contribution in [0.3, 0.4) is 0 Å². The molecular formula is C14H20BrN3O2. The second-order valence-corrected chi connectivity index (χ2v) is 5.62. The van der Waals surface area contributed by atoms with E-state index in [0.29, 0.717) is 18.7 Å². The van der Waals surface area contributed by atoms with Gasteiger partial charge in [0.2, 0.25) is 5.91 Å². The first-order chi connectivity index (χ1) is 9.41. The lowest BCUT2D eigenvalue weighted by Gasteiger charge is -2.15. The van der Waals surface area contributed by atoms with Gasteiger partial charge in [0.05, 0.1) is 0 Å². The summed E-state index contributed by atoms with van der Waals surface area (Å²) in [6.45, 7) is 4.34. The highest BCUT2D eigenvalue weighted by atomic mass is 79.9. The minimum Gasteiger partial charge on any atom is -0.354 e. The molecule has 0 saturated carbocycles. The molecule has 6 heteroatoms. The van der Waals surface area contributed by atoms with E-state index in [4.69, 9.17) is 5.73 Å². The van der Waals surface area contributed by atoms with Gasteiger partial charge in [-0.25, -0.2) is 0 Å². The van der Waals surface area contributed by atoms with Crippen molar-refractivity contribution in [2.45, 2.75) is 19.9 Å². The molecule has 20 heavy (non-hydrogen) atoms. The molecule has 4 N–H and O–H groups in total. The van der Waals surface area contributed by atoms with E-state index in [9.17, 15) is 9.59 Å². The van der Waals surface area contributed by atoms with Crippen molar-refractivity contribution in [3.05, 3.63) is 34.3 Å². The summed E-state index contributed by atoms with van der Waals surface area (Å²) in [7, 11) is 0. The van der Waals surface area contributed by atoms with Crippen LogP contribution in [0, 0.1) is 5.92 Å². The van der Waals surface area contributed by atoms with Crippen LogP contribution < -0.4 is 16.4 Å². The van der Waals surface area contributed by atoms with Crippen LogP contribution in [0.4, 0.5) is 0 Å². The number of nitrogens with two attached hydrogens (primary N) is 1. The molecule has 0 aliphatic rings. The topological polar surface area (TPSA) is 84.2 Å². The summed E-state index contributed by atoms with van der Waals surface area (Å²) in [6.07, 6.45) is 0. The molecule has 1 aromatic rings. The molecule has 0 aliphatic carbocycles. The summed E-state index contributed by atoms with van der Waals surface area (Å²) in [5.74, 6) is -0.498. The molecular weight excluding hydrogens is 322 g/mol. The third-order valence-corrected chi connectivity index (χ3v) is 3.55. The molecule has 2 atom stereocenters. The zero-order valence-corrected chi connectivity index (χ0v) is 13.2. The Labute approximate surface area is 127 Å². The zero-order valence-electron chi connectivity index (χ0n) is 11.7. The molecule has 0 radical (unpaired) electrons. The summed E-state index contributed by atoms with van der Waals surface area (Å²) in [5.41, 5.74) is 6.23. The van der Waals surface area contributed by atoms with E-state index in [-0.39, 0.29) is 23.8 Å². The first-order valence-electron chi connectivity index (χ1n) is 6.49. The summed E-state index contributed by atoms with van der Waals surface area (Å²) in [5, 5.41) is 5.48. The monoisotopic (exact) mass is 341 g/mol. The van der Waals surface area contributed by atoms with E-state index in [1.807, 2.05) is 0 Å². The van der Waals surface area contributed by atoms with Crippen LogP contribution in [0.2, 0.25) is 0 Å². The van der Waals surface area contributed by atoms with Gasteiger partial charge < -0.3 is 16.4 Å². The van der Waals surface area contributed by atoms with Gasteiger partial charge in [-0.15, -0.1) is 0 Å². The lowest BCUT2D eigenvalue weighted by atomic mass is 10.0. The van der Waals surface area contributed by atoms with E-state index < -0.39 is 0 Å². The van der Waals surface area contributed by atoms with Crippen molar-refractivity contribution in [3.63, 3.8) is 0 Å². The molecule has 0 bridgehead atoms. The Morgan fingerprint density at radius 1 is 1.15 bits per heavy atom. The van der Waals surface area contributed by atoms with E-state index >= 15 is 0 Å². The van der Waals surface area contributed by atoms with Crippen molar-refractivity contribution >= 4 is 27.7 Å². The van der Waals surface area contributed by atoms with Gasteiger partial charge in [-0.1, -0.05) is 22.9 Å². The second kappa shape index (κ2) is 8.01. The molecule has 0 aliphatic heterocycles. The molecule has 0 spiro atoms. The number of halogens is 1. The average Bonchev–Trinajstić information content (AvgIpc) is 2.42. The molecule has 0 fully saturated rings. The normalized spacial score (nSPS) is 13.4. The summed E-state index contributed by atoms with van der Waals surface area (Å²) in [6, 6.07) is 6.89. The van der Waals surface area contributed by atoms with Crippen molar-refractivity contribution in [3.8, 4) is 0 Å². The average molecular weight is 342 g/mol. The number of rotatable bonds is 6. The first kappa shape index (κ1) is 16.7. The maximum Gasteiger partial charge on any atom is 0.251 e. The van der Waals surface area contributed by atoms with E-state index in [1.165, 1.54) is 0 Å². The lowest BCUT2D eigenvalue weighted by Crippen LogP contribution is -2.41. The van der Waals surface area contributed by atoms with Crippen LogP contribution >= 0.6 is 15.9 Å². The maximum atomic E-state index is 11.8. The third kappa shape index (κ3) is 5.30. The Morgan fingerprint density at radius 3 is 2.25 bits per heavy atom. The minimum absolute atomic E-state index is 0.0992. The Kier molecular flexibility index (Phi) is 6.67. The Morgan fingerprint density at radius 2 is 1.70 bits per heavy atom. The van der Waals surface area contributed by atoms with Crippen LogP contribution in [-0.4, -0.2) is 30.9 Å². The van der Waals surface area contributed by atoms with Gasteiger partial charge in [0.1, 0.15) is 0 Å². The quantitative estimate of drug-likeness (QED) is 0.681. The van der Waals surface area contributed by atoms with Gasteiger partial charge in [0.25, 0.3) is 5.91 Å². The number of hydrogen-bond acceptors (Lipinski definition) is 3. The van der Waals surface area contributed by atoms with E-state index in [2.05, 4.69) is 26.6 Å². The molecule has 0 aromatic heterocycles. The van der Waals surface area contributed by atoms with Gasteiger partial charge >= 0.3 is 0 Å². The van der Waals surface area contributed by atoms with Gasteiger partial charge in [0, 0.05) is 35.1 Å². The van der Waals surface area contributed by atoms with Crippen LogP contribution in [0.15, 0.2) is 28.7 Å². The van der Waals surface area contributed by atoms with Crippen LogP contribution in [0.1, 0.15) is 24.2 Å². The van der Waals surface area contributed by atoms with Gasteiger partial charge in [-0.05, 0) is 31.2 Å². The predicted octanol–water partition coefficient (Wildman–Crippen LogP) is 1.28. The highest BCUT2D eigenvalue weighted by Gasteiger charge is 2.16. The van der Waals surface area contributed by atoms with Gasteiger partial charge in [-0.3, -0.25) is 9.59 Å². The van der Waals surface area contributed by atoms with Crippen molar-refractivity contribution in [1.29, 1.82) is 0 Å². The summed E-state index contributed by atoms with van der Waals surface area (Å²) >= 11 is 3.31. The number of benzene rings is 1. The van der Waals surface area contributed by atoms with Crippen LogP contribution in [-0.2, 0) is 4.79 Å². The number of amides is 2. The van der Waals surface area contributed by atoms with Crippen molar-refractivity contribution in [2.75, 3.05) is 13.1 Å². The fourth-order valence-electron chi connectivity index (χ4n) is 1.46. The minimum atomic E-state index is -0.239. The molecule has 1 rings (SSSR count). The van der Waals surface area contributed by atoms with Gasteiger partial charge in [-0.2, -0.15) is 0 Å². The van der Waals surface area contributed by atoms with Crippen molar-refractivity contribution in [2.24, 2.45) is 11.7 Å². The fourth-order valence-corrected chi connectivity index (χ4v) is 1.73. The fraction of sp³-hybridized carbons (Fsp3) is 0.429.